The second-order valence-electron chi connectivity index (χ2n) is 4.88. The van der Waals surface area contributed by atoms with Crippen LogP contribution >= 0.6 is 0 Å². The van der Waals surface area contributed by atoms with Crippen molar-refractivity contribution in [3.05, 3.63) is 41.5 Å². The first-order valence-electron chi connectivity index (χ1n) is 6.65. The summed E-state index contributed by atoms with van der Waals surface area (Å²) < 4.78 is 5.90. The SMILES string of the molecule is C=C(C)CCOc1cc(C)ccc1C(C)NCC. The molecule has 1 unspecified atom stereocenters. The Hall–Kier alpha value is -1.28. The standard InChI is InChI=1S/C16H25NO/c1-6-17-14(5)15-8-7-13(4)11-16(15)18-10-9-12(2)3/h7-8,11,14,17H,2,6,9-10H2,1,3-5H3. The molecule has 2 nitrogen and oxygen atoms in total. The van der Waals surface area contributed by atoms with Crippen LogP contribution in [0, 0.1) is 6.92 Å². The molecule has 0 saturated heterocycles. The monoisotopic (exact) mass is 247 g/mol. The molecule has 0 saturated carbocycles. The van der Waals surface area contributed by atoms with E-state index < -0.39 is 0 Å². The zero-order valence-electron chi connectivity index (χ0n) is 12.0. The summed E-state index contributed by atoms with van der Waals surface area (Å²) in [7, 11) is 0. The van der Waals surface area contributed by atoms with Crippen LogP contribution in [0.1, 0.15) is 44.4 Å². The van der Waals surface area contributed by atoms with E-state index in [4.69, 9.17) is 4.74 Å². The minimum atomic E-state index is 0.315. The van der Waals surface area contributed by atoms with E-state index in [0.29, 0.717) is 12.6 Å². The van der Waals surface area contributed by atoms with Gasteiger partial charge in [-0.2, -0.15) is 0 Å². The first-order valence-corrected chi connectivity index (χ1v) is 6.65. The van der Waals surface area contributed by atoms with E-state index in [0.717, 1.165) is 24.3 Å². The summed E-state index contributed by atoms with van der Waals surface area (Å²) in [6.07, 6.45) is 0.906. The Morgan fingerprint density at radius 3 is 2.78 bits per heavy atom. The van der Waals surface area contributed by atoms with Gasteiger partial charge < -0.3 is 10.1 Å². The molecule has 1 aromatic rings. The first kappa shape index (κ1) is 14.8. The molecule has 1 N–H and O–H groups in total. The molecule has 0 aliphatic carbocycles. The normalized spacial score (nSPS) is 12.2. The number of aryl methyl sites for hydroxylation is 1. The molecule has 100 valence electrons. The van der Waals surface area contributed by atoms with E-state index in [2.05, 4.69) is 50.9 Å². The van der Waals surface area contributed by atoms with Crippen LogP contribution in [0.25, 0.3) is 0 Å². The van der Waals surface area contributed by atoms with Crippen LogP contribution in [-0.4, -0.2) is 13.2 Å². The molecule has 0 bridgehead atoms. The van der Waals surface area contributed by atoms with Gasteiger partial charge in [-0.1, -0.05) is 24.6 Å². The van der Waals surface area contributed by atoms with Crippen LogP contribution < -0.4 is 10.1 Å². The third-order valence-corrected chi connectivity index (χ3v) is 2.93. The van der Waals surface area contributed by atoms with Crippen LogP contribution in [0.15, 0.2) is 30.4 Å². The summed E-state index contributed by atoms with van der Waals surface area (Å²) in [6, 6.07) is 6.71. The van der Waals surface area contributed by atoms with Gasteiger partial charge in [0.25, 0.3) is 0 Å². The maximum absolute atomic E-state index is 5.90. The maximum Gasteiger partial charge on any atom is 0.124 e. The molecule has 18 heavy (non-hydrogen) atoms. The molecule has 0 heterocycles. The second kappa shape index (κ2) is 7.22. The Morgan fingerprint density at radius 2 is 2.17 bits per heavy atom. The van der Waals surface area contributed by atoms with E-state index in [1.165, 1.54) is 11.1 Å². The molecule has 0 fully saturated rings. The maximum atomic E-state index is 5.90. The lowest BCUT2D eigenvalue weighted by molar-refractivity contribution is 0.315. The third kappa shape index (κ3) is 4.53. The molecular formula is C16H25NO. The fraction of sp³-hybridized carbons (Fsp3) is 0.500. The molecular weight excluding hydrogens is 222 g/mol. The van der Waals surface area contributed by atoms with E-state index in [1.54, 1.807) is 0 Å². The van der Waals surface area contributed by atoms with Crippen molar-refractivity contribution in [2.75, 3.05) is 13.2 Å². The average molecular weight is 247 g/mol. The quantitative estimate of drug-likeness (QED) is 0.735. The second-order valence-corrected chi connectivity index (χ2v) is 4.88. The van der Waals surface area contributed by atoms with Crippen molar-refractivity contribution in [3.8, 4) is 5.75 Å². The van der Waals surface area contributed by atoms with Crippen molar-refractivity contribution in [3.63, 3.8) is 0 Å². The molecule has 1 aromatic carbocycles. The first-order chi connectivity index (χ1) is 8.54. The summed E-state index contributed by atoms with van der Waals surface area (Å²) in [5.41, 5.74) is 3.61. The Balaban J connectivity index is 2.79. The van der Waals surface area contributed by atoms with Crippen LogP contribution in [0.3, 0.4) is 0 Å². The van der Waals surface area contributed by atoms with Crippen molar-refractivity contribution in [2.24, 2.45) is 0 Å². The minimum absolute atomic E-state index is 0.315. The van der Waals surface area contributed by atoms with Crippen LogP contribution in [0.2, 0.25) is 0 Å². The van der Waals surface area contributed by atoms with E-state index in [-0.39, 0.29) is 0 Å². The van der Waals surface area contributed by atoms with Crippen LogP contribution in [-0.2, 0) is 0 Å². The molecule has 2 heteroatoms. The highest BCUT2D eigenvalue weighted by Crippen LogP contribution is 2.26. The molecule has 1 rings (SSSR count). The summed E-state index contributed by atoms with van der Waals surface area (Å²) in [5.74, 6) is 0.990. The zero-order valence-corrected chi connectivity index (χ0v) is 12.0. The number of hydrogen-bond acceptors (Lipinski definition) is 2. The van der Waals surface area contributed by atoms with Gasteiger partial charge in [0, 0.05) is 18.0 Å². The minimum Gasteiger partial charge on any atom is -0.493 e. The number of nitrogens with one attached hydrogen (secondary N) is 1. The van der Waals surface area contributed by atoms with Gasteiger partial charge >= 0.3 is 0 Å². The number of ether oxygens (including phenoxy) is 1. The van der Waals surface area contributed by atoms with E-state index in [1.807, 2.05) is 6.92 Å². The summed E-state index contributed by atoms with van der Waals surface area (Å²) in [5, 5.41) is 3.42. The van der Waals surface area contributed by atoms with Gasteiger partial charge in [0.1, 0.15) is 5.75 Å². The Bertz CT molecular complexity index is 398. The number of benzene rings is 1. The van der Waals surface area contributed by atoms with Crippen molar-refractivity contribution in [1.29, 1.82) is 0 Å². The lowest BCUT2D eigenvalue weighted by Crippen LogP contribution is -2.18. The third-order valence-electron chi connectivity index (χ3n) is 2.93. The predicted molar refractivity (Wildman–Crippen MR) is 78.2 cm³/mol. The van der Waals surface area contributed by atoms with E-state index >= 15 is 0 Å². The fourth-order valence-electron chi connectivity index (χ4n) is 1.88. The molecule has 0 aliphatic rings. The Kier molecular flexibility index (Phi) is 5.93. The molecule has 0 aromatic heterocycles. The van der Waals surface area contributed by atoms with Crippen LogP contribution in [0.5, 0.6) is 5.75 Å². The van der Waals surface area contributed by atoms with Gasteiger partial charge in [-0.25, -0.2) is 0 Å². The van der Waals surface area contributed by atoms with Gasteiger partial charge in [-0.05, 0) is 38.9 Å². The molecule has 0 amide bonds. The van der Waals surface area contributed by atoms with Crippen LogP contribution in [0.4, 0.5) is 0 Å². The Labute approximate surface area is 111 Å². The van der Waals surface area contributed by atoms with Gasteiger partial charge in [0.2, 0.25) is 0 Å². The zero-order chi connectivity index (χ0) is 13.5. The molecule has 1 atom stereocenters. The van der Waals surface area contributed by atoms with E-state index in [9.17, 15) is 0 Å². The predicted octanol–water partition coefficient (Wildman–Crippen LogP) is 4.01. The topological polar surface area (TPSA) is 21.3 Å². The summed E-state index contributed by atoms with van der Waals surface area (Å²) in [4.78, 5) is 0. The summed E-state index contributed by atoms with van der Waals surface area (Å²) in [6.45, 7) is 14.0. The molecule has 0 aliphatic heterocycles. The van der Waals surface area contributed by atoms with Gasteiger partial charge in [-0.15, -0.1) is 6.58 Å². The van der Waals surface area contributed by atoms with Gasteiger partial charge in [-0.3, -0.25) is 0 Å². The highest BCUT2D eigenvalue weighted by molar-refractivity contribution is 5.39. The van der Waals surface area contributed by atoms with Crippen molar-refractivity contribution in [1.82, 2.24) is 5.32 Å². The van der Waals surface area contributed by atoms with Gasteiger partial charge in [0.15, 0.2) is 0 Å². The van der Waals surface area contributed by atoms with Crippen molar-refractivity contribution in [2.45, 2.75) is 40.2 Å². The van der Waals surface area contributed by atoms with Crippen molar-refractivity contribution < 1.29 is 4.74 Å². The van der Waals surface area contributed by atoms with Crippen molar-refractivity contribution >= 4 is 0 Å². The average Bonchev–Trinajstić information content (AvgIpc) is 2.29. The largest absolute Gasteiger partial charge is 0.493 e. The number of rotatable bonds is 7. The smallest absolute Gasteiger partial charge is 0.124 e. The lowest BCUT2D eigenvalue weighted by Gasteiger charge is -2.18. The number of hydrogen-bond donors (Lipinski definition) is 1. The lowest BCUT2D eigenvalue weighted by atomic mass is 10.0. The fourth-order valence-corrected chi connectivity index (χ4v) is 1.88. The summed E-state index contributed by atoms with van der Waals surface area (Å²) >= 11 is 0. The van der Waals surface area contributed by atoms with Gasteiger partial charge in [0.05, 0.1) is 6.61 Å². The highest BCUT2D eigenvalue weighted by Gasteiger charge is 2.10. The molecule has 0 radical (unpaired) electrons. The Morgan fingerprint density at radius 1 is 1.44 bits per heavy atom. The highest BCUT2D eigenvalue weighted by atomic mass is 16.5. The molecule has 0 spiro atoms.